The van der Waals surface area contributed by atoms with Gasteiger partial charge in [0.25, 0.3) is 11.8 Å². The van der Waals surface area contributed by atoms with Gasteiger partial charge in [0.15, 0.2) is 5.69 Å². The molecule has 0 radical (unpaired) electrons. The van der Waals surface area contributed by atoms with Gasteiger partial charge in [0.2, 0.25) is 0 Å². The number of hydrogen-bond donors (Lipinski definition) is 2. The largest absolute Gasteiger partial charge is 0.378 e. The first-order valence-corrected chi connectivity index (χ1v) is 12.1. The van der Waals surface area contributed by atoms with E-state index in [-0.39, 0.29) is 17.5 Å². The molecule has 0 unspecified atom stereocenters. The third kappa shape index (κ3) is 5.11. The molecule has 36 heavy (non-hydrogen) atoms. The molecule has 1 aliphatic carbocycles. The first-order chi connectivity index (χ1) is 17.6. The average molecular weight is 485 g/mol. The van der Waals surface area contributed by atoms with Gasteiger partial charge in [-0.1, -0.05) is 42.0 Å². The second-order valence-electron chi connectivity index (χ2n) is 9.02. The van der Waals surface area contributed by atoms with E-state index in [2.05, 4.69) is 25.9 Å². The van der Waals surface area contributed by atoms with E-state index >= 15 is 0 Å². The van der Waals surface area contributed by atoms with Gasteiger partial charge >= 0.3 is 0 Å². The molecule has 4 aromatic rings. The fourth-order valence-corrected chi connectivity index (χ4v) is 4.40. The Morgan fingerprint density at radius 3 is 2.67 bits per heavy atom. The second-order valence-corrected chi connectivity index (χ2v) is 9.02. The molecule has 0 spiro atoms. The number of methoxy groups -OCH3 is 1. The quantitative estimate of drug-likeness (QED) is 0.374. The molecule has 1 aliphatic rings. The van der Waals surface area contributed by atoms with Crippen LogP contribution in [0.3, 0.4) is 0 Å². The maximum Gasteiger partial charge on any atom is 0.272 e. The van der Waals surface area contributed by atoms with Crippen molar-refractivity contribution >= 4 is 28.3 Å². The summed E-state index contributed by atoms with van der Waals surface area (Å²) >= 11 is 0. The molecular weight excluding hydrogens is 456 g/mol. The van der Waals surface area contributed by atoms with Crippen LogP contribution in [0.5, 0.6) is 0 Å². The number of aromatic nitrogens is 4. The molecule has 0 aliphatic heterocycles. The molecule has 1 saturated carbocycles. The first-order valence-electron chi connectivity index (χ1n) is 12.1. The summed E-state index contributed by atoms with van der Waals surface area (Å²) < 4.78 is 6.87. The third-order valence-corrected chi connectivity index (χ3v) is 6.52. The van der Waals surface area contributed by atoms with Crippen LogP contribution < -0.4 is 10.6 Å². The fraction of sp³-hybridized carbons (Fsp3) is 0.296. The Balaban J connectivity index is 1.37. The van der Waals surface area contributed by atoms with Crippen LogP contribution in [-0.4, -0.2) is 45.4 Å². The predicted octanol–water partition coefficient (Wildman–Crippen LogP) is 3.80. The first kappa shape index (κ1) is 23.6. The van der Waals surface area contributed by atoms with Crippen molar-refractivity contribution in [2.75, 3.05) is 19.0 Å². The highest BCUT2D eigenvalue weighted by Gasteiger charge is 2.21. The van der Waals surface area contributed by atoms with Crippen molar-refractivity contribution in [1.82, 2.24) is 25.3 Å². The van der Waals surface area contributed by atoms with Crippen molar-refractivity contribution in [3.8, 4) is 0 Å². The van der Waals surface area contributed by atoms with Gasteiger partial charge in [-0.3, -0.25) is 9.59 Å². The highest BCUT2D eigenvalue weighted by molar-refractivity contribution is 6.15. The van der Waals surface area contributed by atoms with Crippen LogP contribution in [0, 0.1) is 5.92 Å². The number of amides is 2. The SMILES string of the molecule is COCc1cn(Cc2ccc(C(=O)Nc3cccnc3C(=O)NCC3CCC3)c3ccccc23)nn1. The minimum Gasteiger partial charge on any atom is -0.378 e. The topological polar surface area (TPSA) is 111 Å². The van der Waals surface area contributed by atoms with E-state index in [1.54, 1.807) is 36.2 Å². The number of anilines is 1. The lowest BCUT2D eigenvalue weighted by Crippen LogP contribution is -2.33. The zero-order valence-corrected chi connectivity index (χ0v) is 20.1. The lowest BCUT2D eigenvalue weighted by Gasteiger charge is -2.25. The summed E-state index contributed by atoms with van der Waals surface area (Å²) in [5, 5.41) is 15.9. The van der Waals surface area contributed by atoms with Crippen LogP contribution in [0.4, 0.5) is 5.69 Å². The van der Waals surface area contributed by atoms with E-state index in [1.807, 2.05) is 36.5 Å². The number of hydrogen-bond acceptors (Lipinski definition) is 6. The minimum atomic E-state index is -0.304. The van der Waals surface area contributed by atoms with Gasteiger partial charge in [0.1, 0.15) is 5.69 Å². The van der Waals surface area contributed by atoms with E-state index in [1.165, 1.54) is 6.42 Å². The Kier molecular flexibility index (Phi) is 6.99. The monoisotopic (exact) mass is 484 g/mol. The fourth-order valence-electron chi connectivity index (χ4n) is 4.40. The van der Waals surface area contributed by atoms with Gasteiger partial charge in [-0.2, -0.15) is 0 Å². The summed E-state index contributed by atoms with van der Waals surface area (Å²) in [6, 6.07) is 14.9. The zero-order valence-electron chi connectivity index (χ0n) is 20.1. The van der Waals surface area contributed by atoms with Gasteiger partial charge in [-0.25, -0.2) is 9.67 Å². The summed E-state index contributed by atoms with van der Waals surface area (Å²) in [4.78, 5) is 30.3. The summed E-state index contributed by atoms with van der Waals surface area (Å²) in [5.74, 6) is -0.0507. The summed E-state index contributed by atoms with van der Waals surface area (Å²) in [6.45, 7) is 1.54. The maximum atomic E-state index is 13.4. The summed E-state index contributed by atoms with van der Waals surface area (Å²) in [5.41, 5.74) is 2.87. The lowest BCUT2D eigenvalue weighted by molar-refractivity contribution is 0.0935. The molecule has 9 heteroatoms. The number of pyridine rings is 1. The van der Waals surface area contributed by atoms with Crippen LogP contribution in [0.15, 0.2) is 60.9 Å². The minimum absolute atomic E-state index is 0.212. The molecule has 2 heterocycles. The second kappa shape index (κ2) is 10.7. The molecular formula is C27H28N6O3. The molecule has 184 valence electrons. The molecule has 2 amide bonds. The molecule has 2 aromatic heterocycles. The van der Waals surface area contributed by atoms with Gasteiger partial charge in [0.05, 0.1) is 25.0 Å². The third-order valence-electron chi connectivity index (χ3n) is 6.52. The summed E-state index contributed by atoms with van der Waals surface area (Å²) in [7, 11) is 1.62. The van der Waals surface area contributed by atoms with Gasteiger partial charge in [-0.15, -0.1) is 5.10 Å². The van der Waals surface area contributed by atoms with Crippen molar-refractivity contribution < 1.29 is 14.3 Å². The Morgan fingerprint density at radius 1 is 1.06 bits per heavy atom. The van der Waals surface area contributed by atoms with E-state index < -0.39 is 0 Å². The van der Waals surface area contributed by atoms with Crippen molar-refractivity contribution in [3.05, 3.63) is 83.4 Å². The highest BCUT2D eigenvalue weighted by Crippen LogP contribution is 2.26. The van der Waals surface area contributed by atoms with Crippen LogP contribution in [-0.2, 0) is 17.9 Å². The molecule has 5 rings (SSSR count). The Labute approximate surface area is 208 Å². The van der Waals surface area contributed by atoms with E-state index in [0.717, 1.165) is 34.9 Å². The predicted molar refractivity (Wildman–Crippen MR) is 136 cm³/mol. The number of nitrogens with zero attached hydrogens (tertiary/aromatic N) is 4. The number of nitrogens with one attached hydrogen (secondary N) is 2. The summed E-state index contributed by atoms with van der Waals surface area (Å²) in [6.07, 6.45) is 6.89. The molecule has 0 bridgehead atoms. The number of rotatable bonds is 9. The van der Waals surface area contributed by atoms with Crippen molar-refractivity contribution in [3.63, 3.8) is 0 Å². The smallest absolute Gasteiger partial charge is 0.272 e. The number of benzene rings is 2. The lowest BCUT2D eigenvalue weighted by atomic mass is 9.85. The molecule has 0 atom stereocenters. The van der Waals surface area contributed by atoms with Crippen LogP contribution in [0.1, 0.15) is 51.4 Å². The van der Waals surface area contributed by atoms with Gasteiger partial charge < -0.3 is 15.4 Å². The van der Waals surface area contributed by atoms with Crippen molar-refractivity contribution in [2.45, 2.75) is 32.4 Å². The van der Waals surface area contributed by atoms with Crippen LogP contribution in [0.2, 0.25) is 0 Å². The molecule has 2 aromatic carbocycles. The normalized spacial score (nSPS) is 13.4. The Morgan fingerprint density at radius 2 is 1.89 bits per heavy atom. The van der Waals surface area contributed by atoms with Crippen LogP contribution >= 0.6 is 0 Å². The average Bonchev–Trinajstić information content (AvgIpc) is 3.30. The molecule has 2 N–H and O–H groups in total. The van der Waals surface area contributed by atoms with E-state index in [4.69, 9.17) is 4.74 Å². The molecule has 0 saturated heterocycles. The number of carbonyl (C=O) groups is 2. The van der Waals surface area contributed by atoms with Crippen molar-refractivity contribution in [1.29, 1.82) is 0 Å². The number of carbonyl (C=O) groups excluding carboxylic acids is 2. The molecule has 9 nitrogen and oxygen atoms in total. The van der Waals surface area contributed by atoms with Crippen LogP contribution in [0.25, 0.3) is 10.8 Å². The van der Waals surface area contributed by atoms with Gasteiger partial charge in [-0.05, 0) is 53.3 Å². The maximum absolute atomic E-state index is 13.4. The number of fused-ring (bicyclic) bond motifs is 1. The zero-order chi connectivity index (χ0) is 24.9. The highest BCUT2D eigenvalue weighted by atomic mass is 16.5. The number of ether oxygens (including phenoxy) is 1. The molecule has 1 fully saturated rings. The van der Waals surface area contributed by atoms with Crippen molar-refractivity contribution in [2.24, 2.45) is 5.92 Å². The van der Waals surface area contributed by atoms with E-state index in [9.17, 15) is 9.59 Å². The van der Waals surface area contributed by atoms with E-state index in [0.29, 0.717) is 36.9 Å². The van der Waals surface area contributed by atoms with Gasteiger partial charge in [0, 0.05) is 25.4 Å². The standard InChI is InChI=1S/C27H28N6O3/c1-36-17-20-16-33(32-31-20)15-19-11-12-23(22-9-3-2-8-21(19)22)26(34)30-24-10-5-13-28-25(24)27(35)29-14-18-6-4-7-18/h2-3,5,8-13,16,18H,4,6-7,14-15,17H2,1H3,(H,29,35)(H,30,34). The Bertz CT molecular complexity index is 1400. The Hall–Kier alpha value is -4.11.